The molecule has 0 radical (unpaired) electrons. The summed E-state index contributed by atoms with van der Waals surface area (Å²) in [7, 11) is -1.90. The van der Waals surface area contributed by atoms with Crippen molar-refractivity contribution in [2.75, 3.05) is 19.6 Å². The summed E-state index contributed by atoms with van der Waals surface area (Å²) in [6.07, 6.45) is 3.12. The monoisotopic (exact) mass is 273 g/mol. The van der Waals surface area contributed by atoms with Gasteiger partial charge in [-0.15, -0.1) is 5.10 Å². The van der Waals surface area contributed by atoms with E-state index in [9.17, 15) is 8.42 Å². The highest BCUT2D eigenvalue weighted by molar-refractivity contribution is 7.89. The van der Waals surface area contributed by atoms with Gasteiger partial charge in [-0.2, -0.15) is 4.31 Å². The van der Waals surface area contributed by atoms with Crippen molar-refractivity contribution in [3.05, 3.63) is 6.20 Å². The minimum absolute atomic E-state index is 0.0173. The van der Waals surface area contributed by atoms with Crippen LogP contribution in [-0.2, 0) is 17.1 Å². The Morgan fingerprint density at radius 1 is 1.56 bits per heavy atom. The maximum Gasteiger partial charge on any atom is 0.262 e. The van der Waals surface area contributed by atoms with Crippen LogP contribution in [0.3, 0.4) is 0 Å². The average molecular weight is 273 g/mol. The minimum atomic E-state index is -3.49. The van der Waals surface area contributed by atoms with Gasteiger partial charge in [-0.05, 0) is 6.42 Å². The number of piperazine rings is 1. The van der Waals surface area contributed by atoms with E-state index >= 15 is 0 Å². The SMILES string of the molecule is CCCC1CNCCN1S(=O)(=O)c1cnnn1C. The highest BCUT2D eigenvalue weighted by Gasteiger charge is 2.34. The number of rotatable bonds is 4. The topological polar surface area (TPSA) is 80.1 Å². The molecule has 7 nitrogen and oxygen atoms in total. The van der Waals surface area contributed by atoms with Gasteiger partial charge in [-0.1, -0.05) is 18.6 Å². The average Bonchev–Trinajstić information content (AvgIpc) is 2.77. The van der Waals surface area contributed by atoms with Crippen LogP contribution in [0.15, 0.2) is 11.2 Å². The van der Waals surface area contributed by atoms with Crippen LogP contribution in [0.5, 0.6) is 0 Å². The Morgan fingerprint density at radius 2 is 2.33 bits per heavy atom. The van der Waals surface area contributed by atoms with Gasteiger partial charge in [0.15, 0.2) is 5.03 Å². The van der Waals surface area contributed by atoms with Crippen molar-refractivity contribution in [2.24, 2.45) is 7.05 Å². The summed E-state index contributed by atoms with van der Waals surface area (Å²) >= 11 is 0. The van der Waals surface area contributed by atoms with Crippen molar-refractivity contribution < 1.29 is 8.42 Å². The summed E-state index contributed by atoms with van der Waals surface area (Å²) in [5.41, 5.74) is 0. The molecule has 0 amide bonds. The molecule has 8 heteroatoms. The summed E-state index contributed by atoms with van der Waals surface area (Å²) in [6.45, 7) is 3.95. The van der Waals surface area contributed by atoms with E-state index in [1.54, 1.807) is 11.4 Å². The van der Waals surface area contributed by atoms with Crippen molar-refractivity contribution in [1.29, 1.82) is 0 Å². The van der Waals surface area contributed by atoms with E-state index in [2.05, 4.69) is 22.6 Å². The number of nitrogens with one attached hydrogen (secondary N) is 1. The number of sulfonamides is 1. The van der Waals surface area contributed by atoms with Gasteiger partial charge < -0.3 is 5.32 Å². The van der Waals surface area contributed by atoms with Crippen LogP contribution in [0.2, 0.25) is 0 Å². The minimum Gasteiger partial charge on any atom is -0.314 e. The zero-order valence-electron chi connectivity index (χ0n) is 10.7. The molecule has 1 fully saturated rings. The van der Waals surface area contributed by atoms with Crippen LogP contribution in [0.4, 0.5) is 0 Å². The van der Waals surface area contributed by atoms with Crippen molar-refractivity contribution in [3.63, 3.8) is 0 Å². The van der Waals surface area contributed by atoms with Crippen molar-refractivity contribution in [2.45, 2.75) is 30.8 Å². The van der Waals surface area contributed by atoms with E-state index in [0.717, 1.165) is 12.8 Å². The largest absolute Gasteiger partial charge is 0.314 e. The quantitative estimate of drug-likeness (QED) is 0.806. The normalized spacial score (nSPS) is 22.2. The van der Waals surface area contributed by atoms with Crippen LogP contribution >= 0.6 is 0 Å². The molecular weight excluding hydrogens is 254 g/mol. The van der Waals surface area contributed by atoms with E-state index in [-0.39, 0.29) is 11.1 Å². The van der Waals surface area contributed by atoms with Crippen molar-refractivity contribution in [3.8, 4) is 0 Å². The third-order valence-corrected chi connectivity index (χ3v) is 5.16. The van der Waals surface area contributed by atoms with Crippen LogP contribution < -0.4 is 5.32 Å². The van der Waals surface area contributed by atoms with Crippen LogP contribution in [-0.4, -0.2) is 53.4 Å². The molecule has 1 unspecified atom stereocenters. The van der Waals surface area contributed by atoms with Crippen LogP contribution in [0, 0.1) is 0 Å². The second-order valence-electron chi connectivity index (χ2n) is 4.46. The maximum atomic E-state index is 12.6. The lowest BCUT2D eigenvalue weighted by atomic mass is 10.1. The summed E-state index contributed by atoms with van der Waals surface area (Å²) in [5, 5.41) is 10.7. The molecule has 1 atom stereocenters. The predicted octanol–water partition coefficient (Wildman–Crippen LogP) is -0.422. The van der Waals surface area contributed by atoms with Crippen molar-refractivity contribution >= 4 is 10.0 Å². The smallest absolute Gasteiger partial charge is 0.262 e. The number of aryl methyl sites for hydroxylation is 1. The first-order valence-electron chi connectivity index (χ1n) is 6.14. The summed E-state index contributed by atoms with van der Waals surface area (Å²) < 4.78 is 28.0. The third-order valence-electron chi connectivity index (χ3n) is 3.16. The van der Waals surface area contributed by atoms with Gasteiger partial charge in [0.2, 0.25) is 0 Å². The molecule has 18 heavy (non-hydrogen) atoms. The second-order valence-corrected chi connectivity index (χ2v) is 6.30. The Hall–Kier alpha value is -0.990. The van der Waals surface area contributed by atoms with Gasteiger partial charge in [0.05, 0.1) is 6.20 Å². The number of aromatic nitrogens is 3. The molecule has 102 valence electrons. The summed E-state index contributed by atoms with van der Waals surface area (Å²) in [4.78, 5) is 0. The lowest BCUT2D eigenvalue weighted by Crippen LogP contribution is -2.53. The molecule has 2 rings (SSSR count). The summed E-state index contributed by atoms with van der Waals surface area (Å²) in [6, 6.07) is 0.0173. The van der Waals surface area contributed by atoms with E-state index in [1.807, 2.05) is 0 Å². The molecule has 1 aliphatic heterocycles. The molecule has 0 spiro atoms. The van der Waals surface area contributed by atoms with E-state index in [0.29, 0.717) is 19.6 Å². The highest BCUT2D eigenvalue weighted by atomic mass is 32.2. The number of nitrogens with zero attached hydrogens (tertiary/aromatic N) is 4. The molecule has 2 heterocycles. The maximum absolute atomic E-state index is 12.6. The van der Waals surface area contributed by atoms with Gasteiger partial charge >= 0.3 is 0 Å². The molecule has 0 aliphatic carbocycles. The Balaban J connectivity index is 2.30. The number of hydrogen-bond donors (Lipinski definition) is 1. The molecule has 0 saturated carbocycles. The van der Waals surface area contributed by atoms with Gasteiger partial charge in [-0.25, -0.2) is 13.1 Å². The second kappa shape index (κ2) is 5.33. The molecule has 1 N–H and O–H groups in total. The van der Waals surface area contributed by atoms with E-state index in [1.165, 1.54) is 10.9 Å². The van der Waals surface area contributed by atoms with Crippen LogP contribution in [0.1, 0.15) is 19.8 Å². The van der Waals surface area contributed by atoms with E-state index < -0.39 is 10.0 Å². The Labute approximate surface area is 107 Å². The predicted molar refractivity (Wildman–Crippen MR) is 66.5 cm³/mol. The van der Waals surface area contributed by atoms with E-state index in [4.69, 9.17) is 0 Å². The van der Waals surface area contributed by atoms with Gasteiger partial charge in [0.1, 0.15) is 0 Å². The first kappa shape index (κ1) is 13.4. The van der Waals surface area contributed by atoms with Crippen molar-refractivity contribution in [1.82, 2.24) is 24.6 Å². The molecule has 1 saturated heterocycles. The summed E-state index contributed by atoms with van der Waals surface area (Å²) in [5.74, 6) is 0. The fourth-order valence-electron chi connectivity index (χ4n) is 2.27. The standard InChI is InChI=1S/C10H19N5O2S/c1-3-4-9-7-11-5-6-15(9)18(16,17)10-8-12-13-14(10)2/h8-9,11H,3-7H2,1-2H3. The Morgan fingerprint density at radius 3 is 2.94 bits per heavy atom. The number of hydrogen-bond acceptors (Lipinski definition) is 5. The highest BCUT2D eigenvalue weighted by Crippen LogP contribution is 2.20. The Bertz CT molecular complexity index is 496. The fraction of sp³-hybridized carbons (Fsp3) is 0.800. The molecule has 0 aromatic carbocycles. The lowest BCUT2D eigenvalue weighted by molar-refractivity contribution is 0.253. The van der Waals surface area contributed by atoms with Gasteiger partial charge in [0.25, 0.3) is 10.0 Å². The third kappa shape index (κ3) is 2.40. The Kier molecular flexibility index (Phi) is 3.98. The van der Waals surface area contributed by atoms with Gasteiger partial charge in [-0.3, -0.25) is 0 Å². The zero-order chi connectivity index (χ0) is 13.2. The molecule has 0 bridgehead atoms. The molecule has 1 aromatic rings. The zero-order valence-corrected chi connectivity index (χ0v) is 11.5. The first-order valence-corrected chi connectivity index (χ1v) is 7.58. The first-order chi connectivity index (χ1) is 8.57. The lowest BCUT2D eigenvalue weighted by Gasteiger charge is -2.34. The van der Waals surface area contributed by atoms with Gasteiger partial charge in [0, 0.05) is 32.7 Å². The molecular formula is C10H19N5O2S. The molecule has 1 aliphatic rings. The molecule has 1 aromatic heterocycles. The fourth-order valence-corrected chi connectivity index (χ4v) is 3.97. The van der Waals surface area contributed by atoms with Crippen LogP contribution in [0.25, 0.3) is 0 Å².